The van der Waals surface area contributed by atoms with E-state index in [2.05, 4.69) is 12.2 Å². The van der Waals surface area contributed by atoms with Gasteiger partial charge in [-0.15, -0.1) is 0 Å². The summed E-state index contributed by atoms with van der Waals surface area (Å²) >= 11 is 0. The molecular weight excluding hydrogens is 247 g/mol. The maximum atomic E-state index is 13.2. The Morgan fingerprint density at radius 1 is 1.47 bits per heavy atom. The number of ether oxygens (including phenoxy) is 1. The number of nitrogens with one attached hydrogen (secondary N) is 1. The van der Waals surface area contributed by atoms with Crippen LogP contribution in [0.1, 0.15) is 32.3 Å². The van der Waals surface area contributed by atoms with Crippen LogP contribution in [-0.4, -0.2) is 18.6 Å². The minimum Gasteiger partial charge on any atom is -0.484 e. The van der Waals surface area contributed by atoms with E-state index in [4.69, 9.17) is 10.5 Å². The van der Waals surface area contributed by atoms with Gasteiger partial charge in [0.25, 0.3) is 5.91 Å². The van der Waals surface area contributed by atoms with Crippen LogP contribution in [0.3, 0.4) is 0 Å². The Balaban J connectivity index is 2.48. The van der Waals surface area contributed by atoms with Crippen molar-refractivity contribution < 1.29 is 13.9 Å². The molecule has 1 rings (SSSR count). The van der Waals surface area contributed by atoms with Gasteiger partial charge < -0.3 is 15.8 Å². The van der Waals surface area contributed by atoms with E-state index in [1.54, 1.807) is 6.07 Å². The normalized spacial score (nSPS) is 12.0. The lowest BCUT2D eigenvalue weighted by Crippen LogP contribution is -2.35. The fourth-order valence-corrected chi connectivity index (χ4v) is 1.79. The van der Waals surface area contributed by atoms with Crippen molar-refractivity contribution in [3.8, 4) is 5.75 Å². The Labute approximate surface area is 113 Å². The van der Waals surface area contributed by atoms with Gasteiger partial charge in [0, 0.05) is 18.7 Å². The molecule has 1 aromatic carbocycles. The van der Waals surface area contributed by atoms with Gasteiger partial charge in [-0.2, -0.15) is 0 Å². The molecule has 0 fully saturated rings. The lowest BCUT2D eigenvalue weighted by molar-refractivity contribution is -0.123. The van der Waals surface area contributed by atoms with Gasteiger partial charge in [0.1, 0.15) is 11.6 Å². The van der Waals surface area contributed by atoms with Crippen molar-refractivity contribution in [2.24, 2.45) is 5.73 Å². The zero-order valence-corrected chi connectivity index (χ0v) is 11.4. The van der Waals surface area contributed by atoms with Crippen molar-refractivity contribution >= 4 is 5.91 Å². The Morgan fingerprint density at radius 3 is 2.84 bits per heavy atom. The number of amides is 1. The van der Waals surface area contributed by atoms with Crippen molar-refractivity contribution in [2.45, 2.75) is 39.3 Å². The number of carbonyl (C=O) groups is 1. The Morgan fingerprint density at radius 2 is 2.21 bits per heavy atom. The molecule has 1 amide bonds. The minimum atomic E-state index is -0.419. The molecule has 0 aromatic heterocycles. The Bertz CT molecular complexity index is 424. The second-order valence-corrected chi connectivity index (χ2v) is 4.55. The zero-order valence-electron chi connectivity index (χ0n) is 11.4. The summed E-state index contributed by atoms with van der Waals surface area (Å²) in [4.78, 5) is 11.6. The van der Waals surface area contributed by atoms with E-state index in [1.165, 1.54) is 12.1 Å². The van der Waals surface area contributed by atoms with Crippen LogP contribution in [-0.2, 0) is 11.3 Å². The molecule has 1 unspecified atom stereocenters. The van der Waals surface area contributed by atoms with Crippen molar-refractivity contribution in [1.29, 1.82) is 0 Å². The maximum Gasteiger partial charge on any atom is 0.258 e. The van der Waals surface area contributed by atoms with Gasteiger partial charge >= 0.3 is 0 Å². The van der Waals surface area contributed by atoms with Gasteiger partial charge in [0.15, 0.2) is 6.61 Å². The van der Waals surface area contributed by atoms with Crippen LogP contribution in [0.5, 0.6) is 5.75 Å². The highest BCUT2D eigenvalue weighted by molar-refractivity contribution is 5.77. The summed E-state index contributed by atoms with van der Waals surface area (Å²) in [5, 5.41) is 2.81. The third kappa shape index (κ3) is 5.70. The third-order valence-corrected chi connectivity index (χ3v) is 2.67. The highest BCUT2D eigenvalue weighted by atomic mass is 19.1. The van der Waals surface area contributed by atoms with Gasteiger partial charge in [0.05, 0.1) is 0 Å². The summed E-state index contributed by atoms with van der Waals surface area (Å²) in [6, 6.07) is 4.33. The molecule has 0 bridgehead atoms. The first-order valence-electron chi connectivity index (χ1n) is 6.46. The summed E-state index contributed by atoms with van der Waals surface area (Å²) in [5.41, 5.74) is 6.08. The molecule has 0 heterocycles. The number of rotatable bonds is 7. The van der Waals surface area contributed by atoms with E-state index < -0.39 is 5.82 Å². The first kappa shape index (κ1) is 15.4. The molecule has 3 N–H and O–H groups in total. The standard InChI is InChI=1S/C14H21FN2O2/c1-3-4-10(2)17-14(18)9-19-13-6-11(8-16)5-12(15)7-13/h5-7,10H,3-4,8-9,16H2,1-2H3,(H,17,18). The molecule has 106 valence electrons. The van der Waals surface area contributed by atoms with Gasteiger partial charge in [-0.3, -0.25) is 4.79 Å². The molecule has 0 spiro atoms. The molecule has 0 aliphatic heterocycles. The first-order chi connectivity index (χ1) is 9.05. The number of hydrogen-bond acceptors (Lipinski definition) is 3. The smallest absolute Gasteiger partial charge is 0.258 e. The molecule has 0 saturated carbocycles. The number of nitrogens with two attached hydrogens (primary N) is 1. The van der Waals surface area contributed by atoms with Crippen LogP contribution in [0.15, 0.2) is 18.2 Å². The Kier molecular flexibility index (Phi) is 6.29. The fourth-order valence-electron chi connectivity index (χ4n) is 1.79. The van der Waals surface area contributed by atoms with E-state index in [1.807, 2.05) is 6.92 Å². The van der Waals surface area contributed by atoms with Crippen molar-refractivity contribution in [3.05, 3.63) is 29.6 Å². The number of benzene rings is 1. The van der Waals surface area contributed by atoms with Gasteiger partial charge in [-0.05, 0) is 31.0 Å². The number of carbonyl (C=O) groups excluding carboxylic acids is 1. The highest BCUT2D eigenvalue weighted by Gasteiger charge is 2.08. The molecule has 0 radical (unpaired) electrons. The number of halogens is 1. The molecule has 5 heteroatoms. The Hall–Kier alpha value is -1.62. The molecule has 0 saturated heterocycles. The minimum absolute atomic E-state index is 0.119. The topological polar surface area (TPSA) is 64.3 Å². The van der Waals surface area contributed by atoms with E-state index in [-0.39, 0.29) is 25.1 Å². The maximum absolute atomic E-state index is 13.2. The van der Waals surface area contributed by atoms with E-state index in [9.17, 15) is 9.18 Å². The second-order valence-electron chi connectivity index (χ2n) is 4.55. The molecule has 4 nitrogen and oxygen atoms in total. The number of hydrogen-bond donors (Lipinski definition) is 2. The monoisotopic (exact) mass is 268 g/mol. The predicted octanol–water partition coefficient (Wildman–Crippen LogP) is 1.97. The summed E-state index contributed by atoms with van der Waals surface area (Å²) in [7, 11) is 0. The van der Waals surface area contributed by atoms with Crippen LogP contribution in [0, 0.1) is 5.82 Å². The zero-order chi connectivity index (χ0) is 14.3. The molecule has 1 atom stereocenters. The lowest BCUT2D eigenvalue weighted by atomic mass is 10.2. The summed E-state index contributed by atoms with van der Waals surface area (Å²) in [5.74, 6) is -0.309. The molecular formula is C14H21FN2O2. The lowest BCUT2D eigenvalue weighted by Gasteiger charge is -2.13. The first-order valence-corrected chi connectivity index (χ1v) is 6.46. The SMILES string of the molecule is CCCC(C)NC(=O)COc1cc(F)cc(CN)c1. The fraction of sp³-hybridized carbons (Fsp3) is 0.500. The second kappa shape index (κ2) is 7.74. The largest absolute Gasteiger partial charge is 0.484 e. The third-order valence-electron chi connectivity index (χ3n) is 2.67. The van der Waals surface area contributed by atoms with Crippen LogP contribution in [0.4, 0.5) is 4.39 Å². The van der Waals surface area contributed by atoms with Crippen LogP contribution in [0.2, 0.25) is 0 Å². The van der Waals surface area contributed by atoms with Crippen LogP contribution >= 0.6 is 0 Å². The van der Waals surface area contributed by atoms with Gasteiger partial charge in [-0.25, -0.2) is 4.39 Å². The highest BCUT2D eigenvalue weighted by Crippen LogP contribution is 2.16. The van der Waals surface area contributed by atoms with Crippen molar-refractivity contribution in [1.82, 2.24) is 5.32 Å². The average Bonchev–Trinajstić information content (AvgIpc) is 2.36. The summed E-state index contributed by atoms with van der Waals surface area (Å²) in [6.45, 7) is 4.10. The van der Waals surface area contributed by atoms with Crippen molar-refractivity contribution in [2.75, 3.05) is 6.61 Å². The predicted molar refractivity (Wildman–Crippen MR) is 72.3 cm³/mol. The van der Waals surface area contributed by atoms with Gasteiger partial charge in [0.2, 0.25) is 0 Å². The van der Waals surface area contributed by atoms with E-state index in [0.717, 1.165) is 12.8 Å². The van der Waals surface area contributed by atoms with Crippen molar-refractivity contribution in [3.63, 3.8) is 0 Å². The van der Waals surface area contributed by atoms with Crippen LogP contribution < -0.4 is 15.8 Å². The van der Waals surface area contributed by atoms with E-state index >= 15 is 0 Å². The average molecular weight is 268 g/mol. The molecule has 1 aromatic rings. The quantitative estimate of drug-likeness (QED) is 0.794. The molecule has 0 aliphatic carbocycles. The molecule has 0 aliphatic rings. The van der Waals surface area contributed by atoms with E-state index in [0.29, 0.717) is 11.3 Å². The van der Waals surface area contributed by atoms with Gasteiger partial charge in [-0.1, -0.05) is 13.3 Å². The molecule has 19 heavy (non-hydrogen) atoms. The summed E-state index contributed by atoms with van der Waals surface area (Å²) < 4.78 is 18.5. The summed E-state index contributed by atoms with van der Waals surface area (Å²) in [6.07, 6.45) is 1.93. The van der Waals surface area contributed by atoms with Crippen LogP contribution in [0.25, 0.3) is 0 Å².